The van der Waals surface area contributed by atoms with Crippen molar-refractivity contribution in [2.45, 2.75) is 19.3 Å². The van der Waals surface area contributed by atoms with E-state index in [-0.39, 0.29) is 0 Å². The van der Waals surface area contributed by atoms with Gasteiger partial charge in [0.2, 0.25) is 0 Å². The molecule has 12 heavy (non-hydrogen) atoms. The first kappa shape index (κ1) is 9.49. The topological polar surface area (TPSA) is 38.9 Å². The molecule has 0 saturated heterocycles. The minimum absolute atomic E-state index is 0.422. The van der Waals surface area contributed by atoms with Crippen LogP contribution in [-0.2, 0) is 0 Å². The fraction of sp³-hybridized carbons (Fsp3) is 0.444. The summed E-state index contributed by atoms with van der Waals surface area (Å²) in [6.45, 7) is 2.81. The van der Waals surface area contributed by atoms with E-state index in [1.54, 1.807) is 12.4 Å². The average Bonchev–Trinajstić information content (AvgIpc) is 2.05. The molecule has 0 aromatic carbocycles. The van der Waals surface area contributed by atoms with Gasteiger partial charge in [0.15, 0.2) is 0 Å². The van der Waals surface area contributed by atoms with Crippen LogP contribution in [0.15, 0.2) is 18.5 Å². The summed E-state index contributed by atoms with van der Waals surface area (Å²) in [7, 11) is 0. The zero-order valence-corrected chi connectivity index (χ0v) is 7.88. The number of hydrogen-bond donors (Lipinski definition) is 1. The lowest BCUT2D eigenvalue weighted by atomic mass is 9.99. The Kier molecular flexibility index (Phi) is 3.50. The summed E-state index contributed by atoms with van der Waals surface area (Å²) in [4.78, 5) is 3.92. The number of nitrogens with two attached hydrogens (primary N) is 1. The molecule has 1 aromatic rings. The molecular formula is C9H13ClN2. The van der Waals surface area contributed by atoms with E-state index in [0.717, 1.165) is 17.0 Å². The van der Waals surface area contributed by atoms with Crippen molar-refractivity contribution in [3.05, 3.63) is 29.0 Å². The first-order chi connectivity index (χ1) is 5.75. The normalized spacial score (nSPS) is 12.9. The molecule has 0 aliphatic rings. The van der Waals surface area contributed by atoms with Gasteiger partial charge in [-0.2, -0.15) is 0 Å². The van der Waals surface area contributed by atoms with Crippen molar-refractivity contribution in [1.29, 1.82) is 0 Å². The maximum absolute atomic E-state index is 5.95. The van der Waals surface area contributed by atoms with Gasteiger partial charge in [-0.1, -0.05) is 18.5 Å². The summed E-state index contributed by atoms with van der Waals surface area (Å²) in [5.41, 5.74) is 6.59. The molecule has 1 unspecified atom stereocenters. The van der Waals surface area contributed by atoms with Crippen LogP contribution in [0.1, 0.15) is 24.8 Å². The van der Waals surface area contributed by atoms with Crippen LogP contribution >= 0.6 is 11.6 Å². The molecular weight excluding hydrogens is 172 g/mol. The lowest BCUT2D eigenvalue weighted by molar-refractivity contribution is 0.689. The van der Waals surface area contributed by atoms with Crippen molar-refractivity contribution in [2.75, 3.05) is 6.54 Å². The Hall–Kier alpha value is -0.600. The molecule has 1 atom stereocenters. The summed E-state index contributed by atoms with van der Waals surface area (Å²) in [6.07, 6.45) is 4.39. The Balaban J connectivity index is 2.79. The van der Waals surface area contributed by atoms with E-state index in [0.29, 0.717) is 12.5 Å². The van der Waals surface area contributed by atoms with E-state index in [1.165, 1.54) is 0 Å². The number of hydrogen-bond acceptors (Lipinski definition) is 2. The molecule has 2 nitrogen and oxygen atoms in total. The zero-order valence-electron chi connectivity index (χ0n) is 7.13. The second kappa shape index (κ2) is 4.43. The molecule has 0 saturated carbocycles. The third-order valence-electron chi connectivity index (χ3n) is 1.93. The average molecular weight is 185 g/mol. The van der Waals surface area contributed by atoms with Gasteiger partial charge in [0, 0.05) is 12.4 Å². The summed E-state index contributed by atoms with van der Waals surface area (Å²) >= 11 is 5.95. The molecule has 0 aliphatic carbocycles. The minimum Gasteiger partial charge on any atom is -0.330 e. The number of halogens is 1. The van der Waals surface area contributed by atoms with Crippen molar-refractivity contribution in [3.8, 4) is 0 Å². The Morgan fingerprint density at radius 1 is 1.67 bits per heavy atom. The van der Waals surface area contributed by atoms with Gasteiger partial charge in [0.1, 0.15) is 0 Å². The van der Waals surface area contributed by atoms with Gasteiger partial charge < -0.3 is 5.73 Å². The predicted molar refractivity (Wildman–Crippen MR) is 51.3 cm³/mol. The van der Waals surface area contributed by atoms with Crippen LogP contribution in [0.3, 0.4) is 0 Å². The van der Waals surface area contributed by atoms with Crippen LogP contribution in [0.25, 0.3) is 0 Å². The van der Waals surface area contributed by atoms with E-state index in [2.05, 4.69) is 11.9 Å². The molecule has 66 valence electrons. The number of rotatable bonds is 3. The maximum Gasteiger partial charge on any atom is 0.0624 e. The van der Waals surface area contributed by atoms with Crippen molar-refractivity contribution in [3.63, 3.8) is 0 Å². The Morgan fingerprint density at radius 3 is 3.00 bits per heavy atom. The molecule has 0 spiro atoms. The summed E-state index contributed by atoms with van der Waals surface area (Å²) in [6, 6.07) is 1.95. The highest BCUT2D eigenvalue weighted by Gasteiger charge is 2.07. The van der Waals surface area contributed by atoms with E-state index < -0.39 is 0 Å². The second-order valence-electron chi connectivity index (χ2n) is 2.88. The van der Waals surface area contributed by atoms with Crippen molar-refractivity contribution in [1.82, 2.24) is 4.98 Å². The predicted octanol–water partition coefficient (Wildman–Crippen LogP) is 2.19. The lowest BCUT2D eigenvalue weighted by Gasteiger charge is -2.10. The molecule has 0 fully saturated rings. The van der Waals surface area contributed by atoms with E-state index in [9.17, 15) is 0 Å². The largest absolute Gasteiger partial charge is 0.330 e. The van der Waals surface area contributed by atoms with Gasteiger partial charge in [-0.05, 0) is 30.5 Å². The van der Waals surface area contributed by atoms with Gasteiger partial charge in [-0.3, -0.25) is 4.98 Å². The lowest BCUT2D eigenvalue weighted by Crippen LogP contribution is -2.04. The van der Waals surface area contributed by atoms with Gasteiger partial charge in [-0.15, -0.1) is 0 Å². The monoisotopic (exact) mass is 184 g/mol. The Labute approximate surface area is 77.8 Å². The van der Waals surface area contributed by atoms with Gasteiger partial charge in [0.05, 0.1) is 5.02 Å². The molecule has 1 heterocycles. The van der Waals surface area contributed by atoms with Crippen molar-refractivity contribution >= 4 is 11.6 Å². The van der Waals surface area contributed by atoms with Crippen LogP contribution in [0.2, 0.25) is 5.02 Å². The van der Waals surface area contributed by atoms with Crippen LogP contribution in [-0.4, -0.2) is 11.5 Å². The summed E-state index contributed by atoms with van der Waals surface area (Å²) < 4.78 is 0. The van der Waals surface area contributed by atoms with E-state index in [4.69, 9.17) is 17.3 Å². The SMILES string of the molecule is CC(CCN)c1ccncc1Cl. The summed E-state index contributed by atoms with van der Waals surface area (Å²) in [5, 5.41) is 0.735. The second-order valence-corrected chi connectivity index (χ2v) is 3.28. The molecule has 3 heteroatoms. The van der Waals surface area contributed by atoms with Crippen molar-refractivity contribution in [2.24, 2.45) is 5.73 Å². The highest BCUT2D eigenvalue weighted by Crippen LogP contribution is 2.24. The zero-order chi connectivity index (χ0) is 8.97. The third kappa shape index (κ3) is 2.19. The standard InChI is InChI=1S/C9H13ClN2/c1-7(2-4-11)8-3-5-12-6-9(8)10/h3,5-7H,2,4,11H2,1H3. The van der Waals surface area contributed by atoms with E-state index in [1.807, 2.05) is 6.07 Å². The Bertz CT molecular complexity index is 250. The van der Waals surface area contributed by atoms with Crippen LogP contribution in [0.4, 0.5) is 0 Å². The Morgan fingerprint density at radius 2 is 2.42 bits per heavy atom. The number of nitrogens with zero attached hydrogens (tertiary/aromatic N) is 1. The number of aromatic nitrogens is 1. The first-order valence-electron chi connectivity index (χ1n) is 4.05. The molecule has 1 rings (SSSR count). The highest BCUT2D eigenvalue weighted by atomic mass is 35.5. The van der Waals surface area contributed by atoms with Gasteiger partial charge >= 0.3 is 0 Å². The molecule has 1 aromatic heterocycles. The maximum atomic E-state index is 5.95. The molecule has 0 radical (unpaired) electrons. The van der Waals surface area contributed by atoms with Gasteiger partial charge in [-0.25, -0.2) is 0 Å². The molecule has 0 aliphatic heterocycles. The smallest absolute Gasteiger partial charge is 0.0624 e. The van der Waals surface area contributed by atoms with Crippen LogP contribution in [0, 0.1) is 0 Å². The van der Waals surface area contributed by atoms with Crippen LogP contribution in [0.5, 0.6) is 0 Å². The van der Waals surface area contributed by atoms with E-state index >= 15 is 0 Å². The summed E-state index contributed by atoms with van der Waals surface area (Å²) in [5.74, 6) is 0.422. The number of pyridine rings is 1. The molecule has 0 bridgehead atoms. The fourth-order valence-corrected chi connectivity index (χ4v) is 1.50. The molecule has 0 amide bonds. The fourth-order valence-electron chi connectivity index (χ4n) is 1.19. The quantitative estimate of drug-likeness (QED) is 0.782. The highest BCUT2D eigenvalue weighted by molar-refractivity contribution is 6.31. The first-order valence-corrected chi connectivity index (χ1v) is 4.43. The van der Waals surface area contributed by atoms with Gasteiger partial charge in [0.25, 0.3) is 0 Å². The third-order valence-corrected chi connectivity index (χ3v) is 2.25. The van der Waals surface area contributed by atoms with Crippen molar-refractivity contribution < 1.29 is 0 Å². The minimum atomic E-state index is 0.422. The molecule has 2 N–H and O–H groups in total. The van der Waals surface area contributed by atoms with Crippen LogP contribution < -0.4 is 5.73 Å².